The largest absolute Gasteiger partial charge is 0.256 e. The smallest absolute Gasteiger partial charge is 0.234 e. The molecule has 0 radical (unpaired) electrons. The van der Waals surface area contributed by atoms with Gasteiger partial charge in [-0.2, -0.15) is 0 Å². The van der Waals surface area contributed by atoms with Gasteiger partial charge in [-0.3, -0.25) is 0 Å². The van der Waals surface area contributed by atoms with Gasteiger partial charge in [-0.25, -0.2) is 9.13 Å². The molecule has 0 aliphatic rings. The van der Waals surface area contributed by atoms with Crippen molar-refractivity contribution >= 4 is 0 Å². The normalized spacial score (nSPS) is 11.5. The van der Waals surface area contributed by atoms with Gasteiger partial charge in [0.05, 0.1) is 13.1 Å². The zero-order valence-electron chi connectivity index (χ0n) is 27.7. The fourth-order valence-electron chi connectivity index (χ4n) is 6.36. The molecule has 41 heavy (non-hydrogen) atoms. The van der Waals surface area contributed by atoms with Crippen molar-refractivity contribution in [3.8, 4) is 0 Å². The number of unbranched alkanes of at least 4 members (excludes halogenated alkanes) is 21. The summed E-state index contributed by atoms with van der Waals surface area (Å²) in [5, 5.41) is 0. The minimum atomic E-state index is 1.15. The van der Waals surface area contributed by atoms with Gasteiger partial charge in [0, 0.05) is 6.42 Å². The van der Waals surface area contributed by atoms with Crippen molar-refractivity contribution in [2.24, 2.45) is 0 Å². The SMILES string of the molecule is CCCCCCCCCCCCCCCCc1n(CCCCCCCCCCC)cc[n+]1CCCc1ccccc1. The van der Waals surface area contributed by atoms with Crippen molar-refractivity contribution in [1.29, 1.82) is 0 Å². The van der Waals surface area contributed by atoms with Crippen molar-refractivity contribution in [2.75, 3.05) is 0 Å². The van der Waals surface area contributed by atoms with Crippen LogP contribution in [-0.4, -0.2) is 4.57 Å². The summed E-state index contributed by atoms with van der Waals surface area (Å²) in [7, 11) is 0. The lowest BCUT2D eigenvalue weighted by molar-refractivity contribution is -0.704. The van der Waals surface area contributed by atoms with Gasteiger partial charge in [0.1, 0.15) is 12.4 Å². The molecule has 2 aromatic rings. The minimum absolute atomic E-state index is 1.15. The minimum Gasteiger partial charge on any atom is -0.234 e. The number of benzene rings is 1. The lowest BCUT2D eigenvalue weighted by Crippen LogP contribution is -2.37. The number of imidazole rings is 1. The van der Waals surface area contributed by atoms with Crippen molar-refractivity contribution in [3.05, 3.63) is 54.1 Å². The van der Waals surface area contributed by atoms with E-state index >= 15 is 0 Å². The first kappa shape index (κ1) is 35.6. The molecule has 0 spiro atoms. The van der Waals surface area contributed by atoms with E-state index in [1.165, 1.54) is 179 Å². The van der Waals surface area contributed by atoms with E-state index < -0.39 is 0 Å². The Hall–Kier alpha value is -1.57. The first-order valence-electron chi connectivity index (χ1n) is 18.5. The van der Waals surface area contributed by atoms with E-state index in [-0.39, 0.29) is 0 Å². The van der Waals surface area contributed by atoms with Crippen LogP contribution in [0.4, 0.5) is 0 Å². The van der Waals surface area contributed by atoms with Crippen LogP contribution in [0.2, 0.25) is 0 Å². The summed E-state index contributed by atoms with van der Waals surface area (Å²) in [6.07, 6.45) is 41.1. The van der Waals surface area contributed by atoms with E-state index in [2.05, 4.69) is 65.7 Å². The number of hydrogen-bond donors (Lipinski definition) is 0. The molecule has 0 bridgehead atoms. The molecule has 2 nitrogen and oxygen atoms in total. The van der Waals surface area contributed by atoms with Crippen molar-refractivity contribution < 1.29 is 4.57 Å². The lowest BCUT2D eigenvalue weighted by atomic mass is 10.0. The molecular formula is C39H69N2+. The second-order valence-corrected chi connectivity index (χ2v) is 12.9. The molecule has 234 valence electrons. The van der Waals surface area contributed by atoms with Crippen LogP contribution >= 0.6 is 0 Å². The zero-order valence-corrected chi connectivity index (χ0v) is 27.7. The second-order valence-electron chi connectivity index (χ2n) is 12.9. The summed E-state index contributed by atoms with van der Waals surface area (Å²) >= 11 is 0. The Morgan fingerprint density at radius 2 is 0.951 bits per heavy atom. The molecule has 0 fully saturated rings. The van der Waals surface area contributed by atoms with Crippen molar-refractivity contribution in [2.45, 2.75) is 194 Å². The highest BCUT2D eigenvalue weighted by Gasteiger charge is 2.16. The lowest BCUT2D eigenvalue weighted by Gasteiger charge is -2.07. The molecule has 2 heteroatoms. The van der Waals surface area contributed by atoms with E-state index in [9.17, 15) is 0 Å². The summed E-state index contributed by atoms with van der Waals surface area (Å²) in [6, 6.07) is 11.0. The van der Waals surface area contributed by atoms with E-state index in [1.807, 2.05) is 0 Å². The van der Waals surface area contributed by atoms with Crippen LogP contribution in [0.5, 0.6) is 0 Å². The third-order valence-electron chi connectivity index (χ3n) is 9.05. The maximum Gasteiger partial charge on any atom is 0.256 e. The molecule has 1 aromatic heterocycles. The van der Waals surface area contributed by atoms with Gasteiger partial charge in [0.25, 0.3) is 5.82 Å². The van der Waals surface area contributed by atoms with Crippen molar-refractivity contribution in [1.82, 2.24) is 4.57 Å². The molecule has 0 saturated carbocycles. The highest BCUT2D eigenvalue weighted by Crippen LogP contribution is 2.15. The zero-order chi connectivity index (χ0) is 29.1. The quantitative estimate of drug-likeness (QED) is 0.0685. The molecule has 1 heterocycles. The first-order valence-corrected chi connectivity index (χ1v) is 18.5. The summed E-state index contributed by atoms with van der Waals surface area (Å²) in [5.74, 6) is 1.58. The Labute approximate surface area is 256 Å². The van der Waals surface area contributed by atoms with Gasteiger partial charge in [-0.1, -0.05) is 173 Å². The fraction of sp³-hybridized carbons (Fsp3) is 0.769. The van der Waals surface area contributed by atoms with E-state index in [4.69, 9.17) is 0 Å². The van der Waals surface area contributed by atoms with E-state index in [0.29, 0.717) is 0 Å². The summed E-state index contributed by atoms with van der Waals surface area (Å²) in [6.45, 7) is 6.96. The predicted octanol–water partition coefficient (Wildman–Crippen LogP) is 12.0. The predicted molar refractivity (Wildman–Crippen MR) is 181 cm³/mol. The number of nitrogens with zero attached hydrogens (tertiary/aromatic N) is 2. The van der Waals surface area contributed by atoms with Gasteiger partial charge in [-0.05, 0) is 37.7 Å². The number of aryl methyl sites for hydroxylation is 3. The molecule has 0 aliphatic heterocycles. The summed E-state index contributed by atoms with van der Waals surface area (Å²) in [4.78, 5) is 0. The van der Waals surface area contributed by atoms with Crippen LogP contribution in [0.25, 0.3) is 0 Å². The Balaban J connectivity index is 1.64. The monoisotopic (exact) mass is 566 g/mol. The van der Waals surface area contributed by atoms with Crippen LogP contribution in [-0.2, 0) is 25.9 Å². The molecule has 0 unspecified atom stereocenters. The van der Waals surface area contributed by atoms with Crippen LogP contribution < -0.4 is 4.57 Å². The van der Waals surface area contributed by atoms with Crippen LogP contribution in [0, 0.1) is 0 Å². The standard InChI is InChI=1S/C39H69N2/c1-3-5-7-9-11-13-14-15-16-17-18-20-22-27-33-39-40(34-28-23-21-19-12-10-8-6-4-2)36-37-41(39)35-29-32-38-30-25-24-26-31-38/h24-26,30-31,36-37H,3-23,27-29,32-35H2,1-2H3/q+1. The molecule has 0 N–H and O–H groups in total. The second kappa shape index (κ2) is 26.1. The van der Waals surface area contributed by atoms with Gasteiger partial charge >= 0.3 is 0 Å². The van der Waals surface area contributed by atoms with Crippen LogP contribution in [0.3, 0.4) is 0 Å². The van der Waals surface area contributed by atoms with Crippen LogP contribution in [0.15, 0.2) is 42.7 Å². The average Bonchev–Trinajstić information content (AvgIpc) is 3.38. The Bertz CT molecular complexity index is 808. The molecule has 0 aliphatic carbocycles. The maximum atomic E-state index is 2.60. The fourth-order valence-corrected chi connectivity index (χ4v) is 6.36. The third kappa shape index (κ3) is 18.6. The molecule has 2 rings (SSSR count). The molecule has 0 amide bonds. The first-order chi connectivity index (χ1) is 20.3. The molecular weight excluding hydrogens is 496 g/mol. The Morgan fingerprint density at radius 1 is 0.488 bits per heavy atom. The molecule has 0 saturated heterocycles. The van der Waals surface area contributed by atoms with Gasteiger partial charge in [0.15, 0.2) is 0 Å². The number of rotatable bonds is 29. The average molecular weight is 566 g/mol. The maximum absolute atomic E-state index is 2.60. The summed E-state index contributed by atoms with van der Waals surface area (Å²) in [5.41, 5.74) is 1.47. The third-order valence-corrected chi connectivity index (χ3v) is 9.05. The molecule has 0 atom stereocenters. The van der Waals surface area contributed by atoms with Crippen LogP contribution in [0.1, 0.15) is 179 Å². The Kier molecular flexibility index (Phi) is 22.7. The van der Waals surface area contributed by atoms with Crippen molar-refractivity contribution in [3.63, 3.8) is 0 Å². The van der Waals surface area contributed by atoms with E-state index in [1.54, 1.807) is 5.82 Å². The van der Waals surface area contributed by atoms with E-state index in [0.717, 1.165) is 6.54 Å². The molecule has 1 aromatic carbocycles. The van der Waals surface area contributed by atoms with Gasteiger partial charge < -0.3 is 0 Å². The summed E-state index contributed by atoms with van der Waals surface area (Å²) < 4.78 is 5.19. The highest BCUT2D eigenvalue weighted by atomic mass is 15.1. The highest BCUT2D eigenvalue weighted by molar-refractivity contribution is 5.14. The van der Waals surface area contributed by atoms with Gasteiger partial charge in [-0.15, -0.1) is 0 Å². The number of hydrogen-bond acceptors (Lipinski definition) is 0. The Morgan fingerprint density at radius 3 is 1.46 bits per heavy atom. The van der Waals surface area contributed by atoms with Gasteiger partial charge in [0.2, 0.25) is 0 Å². The number of aromatic nitrogens is 2. The topological polar surface area (TPSA) is 8.81 Å².